The molecule has 3 aromatic carbocycles. The predicted octanol–water partition coefficient (Wildman–Crippen LogP) is 5.35. The first-order valence-corrected chi connectivity index (χ1v) is 8.01. The van der Waals surface area contributed by atoms with Crippen LogP contribution in [0.3, 0.4) is 0 Å². The first-order valence-electron chi connectivity index (χ1n) is 7.64. The maximum atomic E-state index is 12.4. The van der Waals surface area contributed by atoms with Gasteiger partial charge in [-0.3, -0.25) is 0 Å². The van der Waals surface area contributed by atoms with E-state index in [0.29, 0.717) is 10.6 Å². The highest BCUT2D eigenvalue weighted by molar-refractivity contribution is 6.30. The number of anilines is 2. The summed E-state index contributed by atoms with van der Waals surface area (Å²) in [5, 5.41) is 0.664. The molecule has 1 heterocycles. The van der Waals surface area contributed by atoms with Crippen LogP contribution in [0.25, 0.3) is 0 Å². The van der Waals surface area contributed by atoms with E-state index < -0.39 is 6.23 Å². The quantitative estimate of drug-likeness (QED) is 0.591. The van der Waals surface area contributed by atoms with Gasteiger partial charge in [0.25, 0.3) is 0 Å². The van der Waals surface area contributed by atoms with Crippen molar-refractivity contribution in [2.24, 2.45) is 0 Å². The Morgan fingerprint density at radius 2 is 1.50 bits per heavy atom. The average molecular weight is 336 g/mol. The Morgan fingerprint density at radius 3 is 2.25 bits per heavy atom. The lowest BCUT2D eigenvalue weighted by atomic mass is 10.1. The van der Waals surface area contributed by atoms with Crippen LogP contribution < -0.4 is 4.90 Å². The highest BCUT2D eigenvalue weighted by atomic mass is 35.5. The van der Waals surface area contributed by atoms with Crippen LogP contribution >= 0.6 is 11.6 Å². The molecule has 118 valence electrons. The molecule has 3 nitrogen and oxygen atoms in total. The normalized spacial score (nSPS) is 16.5. The number of carbonyl (C=O) groups excluding carboxylic acids is 1. The summed E-state index contributed by atoms with van der Waals surface area (Å²) in [6, 6.07) is 24.7. The average Bonchev–Trinajstić information content (AvgIpc) is 2.63. The lowest BCUT2D eigenvalue weighted by Gasteiger charge is -2.38. The first-order chi connectivity index (χ1) is 11.7. The van der Waals surface area contributed by atoms with Gasteiger partial charge >= 0.3 is 5.97 Å². The summed E-state index contributed by atoms with van der Waals surface area (Å²) in [7, 11) is 0. The third-order valence-corrected chi connectivity index (χ3v) is 4.28. The van der Waals surface area contributed by atoms with Crippen LogP contribution in [0.2, 0.25) is 5.02 Å². The van der Waals surface area contributed by atoms with Gasteiger partial charge in [-0.05, 0) is 36.4 Å². The molecule has 0 fully saturated rings. The predicted molar refractivity (Wildman–Crippen MR) is 94.6 cm³/mol. The molecular formula is C20H14ClNO2. The topological polar surface area (TPSA) is 29.5 Å². The van der Waals surface area contributed by atoms with E-state index in [4.69, 9.17) is 16.3 Å². The van der Waals surface area contributed by atoms with Crippen molar-refractivity contribution >= 4 is 28.9 Å². The molecule has 0 saturated carbocycles. The molecule has 0 aliphatic carbocycles. The molecule has 0 aromatic heterocycles. The van der Waals surface area contributed by atoms with Gasteiger partial charge in [-0.2, -0.15) is 0 Å². The van der Waals surface area contributed by atoms with Crippen molar-refractivity contribution in [3.8, 4) is 0 Å². The van der Waals surface area contributed by atoms with Crippen molar-refractivity contribution in [1.29, 1.82) is 0 Å². The number of cyclic esters (lactones) is 1. The minimum absolute atomic E-state index is 0.315. The molecule has 0 amide bonds. The minimum atomic E-state index is -0.519. The molecule has 0 bridgehead atoms. The zero-order valence-electron chi connectivity index (χ0n) is 12.7. The molecule has 1 atom stereocenters. The Balaban J connectivity index is 1.90. The second kappa shape index (κ2) is 6.02. The number of para-hydroxylation sites is 1. The summed E-state index contributed by atoms with van der Waals surface area (Å²) in [6.45, 7) is 0. The number of fused-ring (bicyclic) bond motifs is 1. The zero-order chi connectivity index (χ0) is 16.5. The SMILES string of the molecule is O=C1OC(c2ccccc2)N(c2ccc(Cl)cc2)c2ccccc21. The summed E-state index contributed by atoms with van der Waals surface area (Å²) in [5.41, 5.74) is 3.20. The molecule has 0 radical (unpaired) electrons. The third kappa shape index (κ3) is 2.53. The summed E-state index contributed by atoms with van der Waals surface area (Å²) < 4.78 is 5.75. The van der Waals surface area contributed by atoms with Gasteiger partial charge in [0.1, 0.15) is 0 Å². The molecule has 0 saturated heterocycles. The van der Waals surface area contributed by atoms with E-state index in [2.05, 4.69) is 0 Å². The van der Waals surface area contributed by atoms with Crippen LogP contribution in [-0.2, 0) is 4.74 Å². The van der Waals surface area contributed by atoms with E-state index in [1.54, 1.807) is 6.07 Å². The fourth-order valence-corrected chi connectivity index (χ4v) is 3.04. The standard InChI is InChI=1S/C20H14ClNO2/c21-15-10-12-16(13-11-15)22-18-9-5-4-8-17(18)20(23)24-19(22)14-6-2-1-3-7-14/h1-13,19H. The molecule has 0 spiro atoms. The van der Waals surface area contributed by atoms with Gasteiger partial charge in [0.2, 0.25) is 6.23 Å². The van der Waals surface area contributed by atoms with Gasteiger partial charge in [0, 0.05) is 16.3 Å². The van der Waals surface area contributed by atoms with Crippen LogP contribution in [0.1, 0.15) is 22.1 Å². The minimum Gasteiger partial charge on any atom is -0.433 e. The number of hydrogen-bond acceptors (Lipinski definition) is 3. The number of nitrogens with zero attached hydrogens (tertiary/aromatic N) is 1. The van der Waals surface area contributed by atoms with E-state index in [1.165, 1.54) is 0 Å². The second-order valence-electron chi connectivity index (χ2n) is 5.53. The van der Waals surface area contributed by atoms with Crippen molar-refractivity contribution in [2.75, 3.05) is 4.90 Å². The van der Waals surface area contributed by atoms with Crippen molar-refractivity contribution in [1.82, 2.24) is 0 Å². The van der Waals surface area contributed by atoms with E-state index in [0.717, 1.165) is 16.9 Å². The molecule has 1 aliphatic rings. The fraction of sp³-hybridized carbons (Fsp3) is 0.0500. The Labute approximate surface area is 145 Å². The number of carbonyl (C=O) groups is 1. The molecule has 24 heavy (non-hydrogen) atoms. The maximum absolute atomic E-state index is 12.4. The largest absolute Gasteiger partial charge is 0.433 e. The van der Waals surface area contributed by atoms with Gasteiger partial charge in [0.15, 0.2) is 0 Å². The van der Waals surface area contributed by atoms with Crippen LogP contribution in [0, 0.1) is 0 Å². The van der Waals surface area contributed by atoms with E-state index in [1.807, 2.05) is 77.7 Å². The Bertz CT molecular complexity index is 878. The van der Waals surface area contributed by atoms with Gasteiger partial charge in [-0.15, -0.1) is 0 Å². The number of rotatable bonds is 2. The molecule has 4 heteroatoms. The van der Waals surface area contributed by atoms with Crippen LogP contribution in [-0.4, -0.2) is 5.97 Å². The number of esters is 1. The molecule has 1 unspecified atom stereocenters. The summed E-state index contributed by atoms with van der Waals surface area (Å²) in [5.74, 6) is -0.315. The molecule has 3 aromatic rings. The monoisotopic (exact) mass is 335 g/mol. The lowest BCUT2D eigenvalue weighted by molar-refractivity contribution is 0.0278. The molecule has 0 N–H and O–H groups in total. The summed E-state index contributed by atoms with van der Waals surface area (Å²) in [6.07, 6.45) is -0.519. The maximum Gasteiger partial charge on any atom is 0.342 e. The van der Waals surface area contributed by atoms with Crippen LogP contribution in [0.5, 0.6) is 0 Å². The third-order valence-electron chi connectivity index (χ3n) is 4.03. The number of ether oxygens (including phenoxy) is 1. The highest BCUT2D eigenvalue weighted by Crippen LogP contribution is 2.42. The van der Waals surface area contributed by atoms with E-state index in [-0.39, 0.29) is 5.97 Å². The van der Waals surface area contributed by atoms with Crippen LogP contribution in [0.4, 0.5) is 11.4 Å². The molecular weight excluding hydrogens is 322 g/mol. The van der Waals surface area contributed by atoms with Crippen molar-refractivity contribution in [2.45, 2.75) is 6.23 Å². The lowest BCUT2D eigenvalue weighted by Crippen LogP contribution is -2.34. The summed E-state index contributed by atoms with van der Waals surface area (Å²) in [4.78, 5) is 14.4. The van der Waals surface area contributed by atoms with Gasteiger partial charge in [-0.1, -0.05) is 54.1 Å². The Hall–Kier alpha value is -2.78. The smallest absolute Gasteiger partial charge is 0.342 e. The van der Waals surface area contributed by atoms with Crippen molar-refractivity contribution < 1.29 is 9.53 Å². The molecule has 1 aliphatic heterocycles. The number of halogens is 1. The zero-order valence-corrected chi connectivity index (χ0v) is 13.5. The van der Waals surface area contributed by atoms with Gasteiger partial charge in [0.05, 0.1) is 11.3 Å². The van der Waals surface area contributed by atoms with Crippen LogP contribution in [0.15, 0.2) is 78.9 Å². The van der Waals surface area contributed by atoms with Gasteiger partial charge < -0.3 is 9.64 Å². The van der Waals surface area contributed by atoms with Gasteiger partial charge in [-0.25, -0.2) is 4.79 Å². The number of hydrogen-bond donors (Lipinski definition) is 0. The Kier molecular flexibility index (Phi) is 3.71. The summed E-state index contributed by atoms with van der Waals surface area (Å²) >= 11 is 6.02. The number of benzene rings is 3. The highest BCUT2D eigenvalue weighted by Gasteiger charge is 2.34. The fourth-order valence-electron chi connectivity index (χ4n) is 2.91. The second-order valence-corrected chi connectivity index (χ2v) is 5.97. The van der Waals surface area contributed by atoms with E-state index >= 15 is 0 Å². The van der Waals surface area contributed by atoms with E-state index in [9.17, 15) is 4.79 Å². The Morgan fingerprint density at radius 1 is 0.833 bits per heavy atom. The molecule has 4 rings (SSSR count). The first kappa shape index (κ1) is 14.8. The van der Waals surface area contributed by atoms with Crippen molar-refractivity contribution in [3.05, 3.63) is 95.0 Å². The van der Waals surface area contributed by atoms with Crippen molar-refractivity contribution in [3.63, 3.8) is 0 Å².